The topological polar surface area (TPSA) is 118 Å². The second kappa shape index (κ2) is 6.54. The number of benzene rings is 2. The largest absolute Gasteiger partial charge is 0.507 e. The lowest BCUT2D eigenvalue weighted by Gasteiger charge is -2.28. The zero-order chi connectivity index (χ0) is 18.1. The molecule has 0 aromatic heterocycles. The van der Waals surface area contributed by atoms with Crippen molar-refractivity contribution in [2.45, 2.75) is 0 Å². The molecule has 2 aromatic rings. The molecule has 3 rings (SSSR count). The second-order valence-electron chi connectivity index (χ2n) is 5.65. The fourth-order valence-electron chi connectivity index (χ4n) is 3.13. The summed E-state index contributed by atoms with van der Waals surface area (Å²) in [6, 6.07) is 7.00. The van der Waals surface area contributed by atoms with Crippen LogP contribution >= 0.6 is 0 Å². The molecule has 0 radical (unpaired) electrons. The van der Waals surface area contributed by atoms with Crippen LogP contribution in [0.1, 0.15) is 31.8 Å². The van der Waals surface area contributed by atoms with Crippen LogP contribution in [-0.2, 0) is 0 Å². The number of aliphatic hydroxyl groups is 2. The molecule has 7 heteroatoms. The summed E-state index contributed by atoms with van der Waals surface area (Å²) in [5.41, 5.74) is 0.121. The summed E-state index contributed by atoms with van der Waals surface area (Å²) in [6.07, 6.45) is 0. The van der Waals surface area contributed by atoms with Crippen molar-refractivity contribution in [1.82, 2.24) is 0 Å². The molecule has 7 nitrogen and oxygen atoms in total. The SMILES string of the molecule is O=C1c2cccc(N(CCO)CCO)c2C(=O)c2c(O)ccc(O)c21. The van der Waals surface area contributed by atoms with Crippen LogP contribution in [-0.4, -0.2) is 58.3 Å². The fourth-order valence-corrected chi connectivity index (χ4v) is 3.13. The summed E-state index contributed by atoms with van der Waals surface area (Å²) < 4.78 is 0. The number of hydrogen-bond acceptors (Lipinski definition) is 7. The molecule has 0 bridgehead atoms. The zero-order valence-electron chi connectivity index (χ0n) is 13.3. The van der Waals surface area contributed by atoms with E-state index in [4.69, 9.17) is 0 Å². The molecule has 0 saturated heterocycles. The highest BCUT2D eigenvalue weighted by molar-refractivity contribution is 6.31. The van der Waals surface area contributed by atoms with E-state index in [0.29, 0.717) is 5.69 Å². The number of carbonyl (C=O) groups is 2. The Morgan fingerprint density at radius 1 is 0.760 bits per heavy atom. The van der Waals surface area contributed by atoms with Gasteiger partial charge in [0.1, 0.15) is 11.5 Å². The molecule has 1 aliphatic rings. The first-order valence-corrected chi connectivity index (χ1v) is 7.75. The maximum Gasteiger partial charge on any atom is 0.200 e. The van der Waals surface area contributed by atoms with E-state index in [1.807, 2.05) is 0 Å². The maximum atomic E-state index is 13.0. The van der Waals surface area contributed by atoms with Crippen molar-refractivity contribution >= 4 is 17.3 Å². The Bertz CT molecular complexity index is 855. The standard InChI is InChI=1S/C18H17NO6/c20-8-6-19(7-9-21)11-3-1-2-10-14(11)18(25)16-13(23)5-4-12(22)15(16)17(10)24/h1-5,20-23H,6-9H2. The van der Waals surface area contributed by atoms with E-state index < -0.39 is 11.6 Å². The van der Waals surface area contributed by atoms with Crippen LogP contribution in [0.2, 0.25) is 0 Å². The quantitative estimate of drug-likeness (QED) is 0.503. The number of hydrogen-bond donors (Lipinski definition) is 4. The van der Waals surface area contributed by atoms with Crippen LogP contribution in [0.4, 0.5) is 5.69 Å². The Balaban J connectivity index is 2.24. The number of ketones is 2. The predicted molar refractivity (Wildman–Crippen MR) is 89.5 cm³/mol. The smallest absolute Gasteiger partial charge is 0.200 e. The number of rotatable bonds is 5. The van der Waals surface area contributed by atoms with Gasteiger partial charge >= 0.3 is 0 Å². The third-order valence-electron chi connectivity index (χ3n) is 4.21. The number of carbonyl (C=O) groups excluding carboxylic acids is 2. The summed E-state index contributed by atoms with van der Waals surface area (Å²) in [5.74, 6) is -1.91. The van der Waals surface area contributed by atoms with Crippen molar-refractivity contribution in [1.29, 1.82) is 0 Å². The van der Waals surface area contributed by atoms with Gasteiger partial charge in [0.05, 0.1) is 29.9 Å². The zero-order valence-corrected chi connectivity index (χ0v) is 13.3. The highest BCUT2D eigenvalue weighted by atomic mass is 16.3. The Morgan fingerprint density at radius 3 is 1.88 bits per heavy atom. The van der Waals surface area contributed by atoms with E-state index in [-0.39, 0.29) is 60.1 Å². The molecule has 2 aromatic carbocycles. The molecule has 130 valence electrons. The second-order valence-corrected chi connectivity index (χ2v) is 5.65. The van der Waals surface area contributed by atoms with Gasteiger partial charge in [0.15, 0.2) is 11.6 Å². The third-order valence-corrected chi connectivity index (χ3v) is 4.21. The highest BCUT2D eigenvalue weighted by Crippen LogP contribution is 2.40. The van der Waals surface area contributed by atoms with Gasteiger partial charge in [-0.05, 0) is 18.2 Å². The van der Waals surface area contributed by atoms with Crippen molar-refractivity contribution in [3.05, 3.63) is 52.6 Å². The summed E-state index contributed by atoms with van der Waals surface area (Å²) in [7, 11) is 0. The van der Waals surface area contributed by atoms with E-state index in [9.17, 15) is 30.0 Å². The Hall–Kier alpha value is -2.90. The van der Waals surface area contributed by atoms with Gasteiger partial charge in [0.2, 0.25) is 0 Å². The van der Waals surface area contributed by atoms with Crippen molar-refractivity contribution in [2.75, 3.05) is 31.2 Å². The fraction of sp³-hybridized carbons (Fsp3) is 0.222. The van der Waals surface area contributed by atoms with E-state index in [0.717, 1.165) is 12.1 Å². The Morgan fingerprint density at radius 2 is 1.32 bits per heavy atom. The monoisotopic (exact) mass is 343 g/mol. The number of fused-ring (bicyclic) bond motifs is 2. The molecule has 0 amide bonds. The van der Waals surface area contributed by atoms with Crippen molar-refractivity contribution in [3.63, 3.8) is 0 Å². The lowest BCUT2D eigenvalue weighted by Crippen LogP contribution is -2.33. The number of anilines is 1. The van der Waals surface area contributed by atoms with Gasteiger partial charge in [0.25, 0.3) is 0 Å². The lowest BCUT2D eigenvalue weighted by molar-refractivity contribution is 0.0974. The van der Waals surface area contributed by atoms with Crippen LogP contribution in [0, 0.1) is 0 Å². The van der Waals surface area contributed by atoms with Crippen LogP contribution in [0.3, 0.4) is 0 Å². The predicted octanol–water partition coefficient (Wildman–Crippen LogP) is 0.664. The molecule has 0 unspecified atom stereocenters. The molecule has 0 aliphatic heterocycles. The van der Waals surface area contributed by atoms with Gasteiger partial charge in [-0.2, -0.15) is 0 Å². The molecule has 4 N–H and O–H groups in total. The highest BCUT2D eigenvalue weighted by Gasteiger charge is 2.36. The third kappa shape index (κ3) is 2.63. The first-order chi connectivity index (χ1) is 12.0. The molecule has 25 heavy (non-hydrogen) atoms. The number of nitrogens with zero attached hydrogens (tertiary/aromatic N) is 1. The van der Waals surface area contributed by atoms with Gasteiger partial charge in [-0.3, -0.25) is 9.59 Å². The summed E-state index contributed by atoms with van der Waals surface area (Å²) in [5, 5.41) is 38.5. The molecule has 0 atom stereocenters. The van der Waals surface area contributed by atoms with E-state index >= 15 is 0 Å². The lowest BCUT2D eigenvalue weighted by atomic mass is 9.82. The Kier molecular flexibility index (Phi) is 4.43. The maximum absolute atomic E-state index is 13.0. The summed E-state index contributed by atoms with van der Waals surface area (Å²) in [4.78, 5) is 27.4. The van der Waals surface area contributed by atoms with Gasteiger partial charge in [-0.15, -0.1) is 0 Å². The average molecular weight is 343 g/mol. The molecular weight excluding hydrogens is 326 g/mol. The number of phenolic OH excluding ortho intramolecular Hbond substituents is 2. The number of aromatic hydroxyl groups is 2. The minimum atomic E-state index is -0.588. The summed E-state index contributed by atoms with van der Waals surface area (Å²) in [6.45, 7) is -0.0718. The van der Waals surface area contributed by atoms with Gasteiger partial charge in [0, 0.05) is 24.3 Å². The van der Waals surface area contributed by atoms with Crippen LogP contribution < -0.4 is 4.90 Å². The molecule has 0 heterocycles. The normalized spacial score (nSPS) is 12.7. The van der Waals surface area contributed by atoms with Gasteiger partial charge in [-0.25, -0.2) is 0 Å². The molecule has 1 aliphatic carbocycles. The number of aliphatic hydroxyl groups excluding tert-OH is 2. The minimum Gasteiger partial charge on any atom is -0.507 e. The van der Waals surface area contributed by atoms with Gasteiger partial charge < -0.3 is 25.3 Å². The van der Waals surface area contributed by atoms with Crippen molar-refractivity contribution < 1.29 is 30.0 Å². The van der Waals surface area contributed by atoms with Crippen molar-refractivity contribution in [3.8, 4) is 11.5 Å². The van der Waals surface area contributed by atoms with E-state index in [1.165, 1.54) is 6.07 Å². The van der Waals surface area contributed by atoms with E-state index in [2.05, 4.69) is 0 Å². The molecule has 0 saturated carbocycles. The van der Waals surface area contributed by atoms with Gasteiger partial charge in [-0.1, -0.05) is 12.1 Å². The van der Waals surface area contributed by atoms with Crippen LogP contribution in [0.25, 0.3) is 0 Å². The number of phenols is 2. The van der Waals surface area contributed by atoms with E-state index in [1.54, 1.807) is 17.0 Å². The van der Waals surface area contributed by atoms with Crippen LogP contribution in [0.5, 0.6) is 11.5 Å². The molecule has 0 spiro atoms. The first-order valence-electron chi connectivity index (χ1n) is 7.75. The average Bonchev–Trinajstić information content (AvgIpc) is 2.60. The summed E-state index contributed by atoms with van der Waals surface area (Å²) >= 11 is 0. The Labute approximate surface area is 143 Å². The van der Waals surface area contributed by atoms with Crippen molar-refractivity contribution in [2.24, 2.45) is 0 Å². The first kappa shape index (κ1) is 16.9. The van der Waals surface area contributed by atoms with Crippen LogP contribution in [0.15, 0.2) is 30.3 Å². The minimum absolute atomic E-state index is 0.0859. The molecule has 0 fully saturated rings. The molecular formula is C18H17NO6.